The van der Waals surface area contributed by atoms with E-state index in [0.29, 0.717) is 0 Å². The van der Waals surface area contributed by atoms with E-state index in [0.717, 1.165) is 6.07 Å². The second-order valence-corrected chi connectivity index (χ2v) is 2.90. The van der Waals surface area contributed by atoms with Crippen LogP contribution in [-0.2, 0) is 16.0 Å². The zero-order valence-electron chi connectivity index (χ0n) is 8.29. The summed E-state index contributed by atoms with van der Waals surface area (Å²) in [5.41, 5.74) is 0.479. The number of carbonyl (C=O) groups excluding carboxylic acids is 1. The van der Waals surface area contributed by atoms with Gasteiger partial charge in [0.15, 0.2) is 0 Å². The predicted molar refractivity (Wildman–Crippen MR) is 51.5 cm³/mol. The third-order valence-corrected chi connectivity index (χ3v) is 1.82. The molecule has 0 aliphatic rings. The molecule has 0 heterocycles. The van der Waals surface area contributed by atoms with E-state index in [1.807, 2.05) is 6.07 Å². The maximum atomic E-state index is 13.3. The Hall–Kier alpha value is -1.89. The molecule has 0 unspecified atom stereocenters. The van der Waals surface area contributed by atoms with Gasteiger partial charge in [-0.05, 0) is 24.6 Å². The van der Waals surface area contributed by atoms with Gasteiger partial charge in [-0.1, -0.05) is 6.07 Å². The highest BCUT2D eigenvalue weighted by Gasteiger charge is 2.09. The Morgan fingerprint density at radius 3 is 2.87 bits per heavy atom. The van der Waals surface area contributed by atoms with Crippen molar-refractivity contribution in [1.82, 2.24) is 0 Å². The molecule has 0 spiro atoms. The lowest BCUT2D eigenvalue weighted by Crippen LogP contribution is -2.08. The second kappa shape index (κ2) is 5.11. The van der Waals surface area contributed by atoms with E-state index in [1.54, 1.807) is 6.92 Å². The number of hydrogen-bond donors (Lipinski definition) is 0. The van der Waals surface area contributed by atoms with Crippen LogP contribution in [-0.4, -0.2) is 12.6 Å². The van der Waals surface area contributed by atoms with Crippen LogP contribution in [0, 0.1) is 17.1 Å². The third-order valence-electron chi connectivity index (χ3n) is 1.82. The number of esters is 1. The van der Waals surface area contributed by atoms with Gasteiger partial charge in [-0.2, -0.15) is 5.26 Å². The predicted octanol–water partition coefficient (Wildman–Crippen LogP) is 1.80. The number of carbonyl (C=O) groups is 1. The van der Waals surface area contributed by atoms with Crippen LogP contribution in [0.15, 0.2) is 18.2 Å². The molecule has 0 bridgehead atoms. The number of halogens is 1. The van der Waals surface area contributed by atoms with Gasteiger partial charge in [-0.3, -0.25) is 4.79 Å². The van der Waals surface area contributed by atoms with Gasteiger partial charge in [0, 0.05) is 0 Å². The van der Waals surface area contributed by atoms with Gasteiger partial charge in [0.25, 0.3) is 0 Å². The van der Waals surface area contributed by atoms with E-state index in [4.69, 9.17) is 5.26 Å². The first-order chi connectivity index (χ1) is 7.17. The van der Waals surface area contributed by atoms with Crippen LogP contribution in [0.2, 0.25) is 0 Å². The number of rotatable bonds is 3. The molecule has 1 aromatic carbocycles. The van der Waals surface area contributed by atoms with Gasteiger partial charge in [-0.15, -0.1) is 0 Å². The lowest BCUT2D eigenvalue weighted by Gasteiger charge is -2.03. The Morgan fingerprint density at radius 2 is 2.33 bits per heavy atom. The fourth-order valence-electron chi connectivity index (χ4n) is 1.13. The van der Waals surface area contributed by atoms with E-state index >= 15 is 0 Å². The summed E-state index contributed by atoms with van der Waals surface area (Å²) in [6.45, 7) is 1.96. The molecule has 0 aliphatic heterocycles. The fourth-order valence-corrected chi connectivity index (χ4v) is 1.13. The average molecular weight is 207 g/mol. The van der Waals surface area contributed by atoms with Crippen LogP contribution >= 0.6 is 0 Å². The average Bonchev–Trinajstić information content (AvgIpc) is 2.21. The summed E-state index contributed by atoms with van der Waals surface area (Å²) in [5.74, 6) is -1.02. The van der Waals surface area contributed by atoms with Gasteiger partial charge >= 0.3 is 5.97 Å². The minimum Gasteiger partial charge on any atom is -0.466 e. The van der Waals surface area contributed by atoms with Gasteiger partial charge in [-0.25, -0.2) is 4.39 Å². The van der Waals surface area contributed by atoms with Crippen molar-refractivity contribution in [3.05, 3.63) is 35.1 Å². The van der Waals surface area contributed by atoms with Crippen LogP contribution in [0.3, 0.4) is 0 Å². The van der Waals surface area contributed by atoms with Gasteiger partial charge < -0.3 is 4.74 Å². The lowest BCUT2D eigenvalue weighted by atomic mass is 10.1. The van der Waals surface area contributed by atoms with Crippen LogP contribution in [0.5, 0.6) is 0 Å². The summed E-state index contributed by atoms with van der Waals surface area (Å²) in [4.78, 5) is 11.1. The molecule has 0 fully saturated rings. The summed E-state index contributed by atoms with van der Waals surface area (Å²) in [6.07, 6.45) is -0.106. The summed E-state index contributed by atoms with van der Waals surface area (Å²) >= 11 is 0. The molecule has 1 rings (SSSR count). The molecular weight excluding hydrogens is 197 g/mol. The van der Waals surface area contributed by atoms with Crippen molar-refractivity contribution in [2.45, 2.75) is 13.3 Å². The van der Waals surface area contributed by atoms with Gasteiger partial charge in [0.2, 0.25) is 0 Å². The van der Waals surface area contributed by atoms with E-state index in [9.17, 15) is 9.18 Å². The van der Waals surface area contributed by atoms with Gasteiger partial charge in [0.1, 0.15) is 5.82 Å². The molecule has 0 aromatic heterocycles. The summed E-state index contributed by atoms with van der Waals surface area (Å²) in [5, 5.41) is 8.51. The molecule has 15 heavy (non-hydrogen) atoms. The third kappa shape index (κ3) is 3.06. The maximum Gasteiger partial charge on any atom is 0.310 e. The Bertz CT molecular complexity index is 410. The van der Waals surface area contributed by atoms with E-state index in [-0.39, 0.29) is 24.2 Å². The molecule has 0 saturated heterocycles. The molecule has 4 heteroatoms. The molecule has 78 valence electrons. The number of nitrogens with zero attached hydrogens (tertiary/aromatic N) is 1. The molecule has 1 aromatic rings. The van der Waals surface area contributed by atoms with Crippen molar-refractivity contribution >= 4 is 5.97 Å². The molecule has 0 radical (unpaired) electrons. The number of hydrogen-bond acceptors (Lipinski definition) is 3. The molecule has 3 nitrogen and oxygen atoms in total. The van der Waals surface area contributed by atoms with Crippen molar-refractivity contribution in [1.29, 1.82) is 5.26 Å². The smallest absolute Gasteiger partial charge is 0.310 e. The van der Waals surface area contributed by atoms with Crippen molar-refractivity contribution in [2.75, 3.05) is 6.61 Å². The highest BCUT2D eigenvalue weighted by atomic mass is 19.1. The molecule has 0 atom stereocenters. The summed E-state index contributed by atoms with van der Waals surface area (Å²) in [7, 11) is 0. The van der Waals surface area contributed by atoms with Crippen LogP contribution in [0.25, 0.3) is 0 Å². The summed E-state index contributed by atoms with van der Waals surface area (Å²) < 4.78 is 18.0. The first-order valence-electron chi connectivity index (χ1n) is 4.51. The van der Waals surface area contributed by atoms with E-state index < -0.39 is 11.8 Å². The lowest BCUT2D eigenvalue weighted by molar-refractivity contribution is -0.142. The maximum absolute atomic E-state index is 13.3. The number of nitriles is 1. The minimum atomic E-state index is -0.554. The Balaban J connectivity index is 2.79. The highest BCUT2D eigenvalue weighted by Crippen LogP contribution is 2.11. The van der Waals surface area contributed by atoms with Crippen LogP contribution in [0.1, 0.15) is 18.1 Å². The molecule has 0 N–H and O–H groups in total. The first kappa shape index (κ1) is 11.2. The standard InChI is InChI=1S/C11H10FNO2/c1-2-15-11(14)6-9-4-3-8(7-13)5-10(9)12/h3-5H,2,6H2,1H3. The Kier molecular flexibility index (Phi) is 3.81. The largest absolute Gasteiger partial charge is 0.466 e. The zero-order chi connectivity index (χ0) is 11.3. The van der Waals surface area contributed by atoms with E-state index in [1.165, 1.54) is 12.1 Å². The molecular formula is C11H10FNO2. The Morgan fingerprint density at radius 1 is 1.60 bits per heavy atom. The monoisotopic (exact) mass is 207 g/mol. The number of benzene rings is 1. The first-order valence-corrected chi connectivity index (χ1v) is 4.51. The zero-order valence-corrected chi connectivity index (χ0v) is 8.29. The fraction of sp³-hybridized carbons (Fsp3) is 0.273. The second-order valence-electron chi connectivity index (χ2n) is 2.90. The quantitative estimate of drug-likeness (QED) is 0.710. The van der Waals surface area contributed by atoms with E-state index in [2.05, 4.69) is 4.74 Å². The molecule has 0 amide bonds. The molecule has 0 saturated carbocycles. The number of ether oxygens (including phenoxy) is 1. The highest BCUT2D eigenvalue weighted by molar-refractivity contribution is 5.72. The van der Waals surface area contributed by atoms with Gasteiger partial charge in [0.05, 0.1) is 24.7 Å². The molecule has 0 aliphatic carbocycles. The van der Waals surface area contributed by atoms with Crippen molar-refractivity contribution < 1.29 is 13.9 Å². The Labute approximate surface area is 87.1 Å². The summed E-state index contributed by atoms with van der Waals surface area (Å²) in [6, 6.07) is 5.81. The topological polar surface area (TPSA) is 50.1 Å². The SMILES string of the molecule is CCOC(=O)Cc1ccc(C#N)cc1F. The van der Waals surface area contributed by atoms with Crippen LogP contribution < -0.4 is 0 Å². The normalized spacial score (nSPS) is 9.40. The van der Waals surface area contributed by atoms with Crippen LogP contribution in [0.4, 0.5) is 4.39 Å². The van der Waals surface area contributed by atoms with Crippen molar-refractivity contribution in [2.24, 2.45) is 0 Å². The minimum absolute atomic E-state index is 0.106. The van der Waals surface area contributed by atoms with Crippen molar-refractivity contribution in [3.8, 4) is 6.07 Å². The van der Waals surface area contributed by atoms with Crippen molar-refractivity contribution in [3.63, 3.8) is 0 Å².